The van der Waals surface area contributed by atoms with Crippen LogP contribution >= 0.6 is 15.9 Å². The molecule has 8 atom stereocenters. The molecule has 0 N–H and O–H groups in total. The second-order valence-electron chi connectivity index (χ2n) is 6.17. The maximum atomic E-state index is 14.2. The molecule has 27 heavy (non-hydrogen) atoms. The summed E-state index contributed by atoms with van der Waals surface area (Å²) in [4.78, 5) is 9.16. The van der Waals surface area contributed by atoms with Crippen LogP contribution in [-0.4, -0.2) is 78.5 Å². The fourth-order valence-corrected chi connectivity index (χ4v) is 3.52. The first-order valence-electron chi connectivity index (χ1n) is 7.78. The molecule has 0 spiro atoms. The molecular weight excluding hydrogens is 460 g/mol. The number of esters is 1. The van der Waals surface area contributed by atoms with Crippen LogP contribution in [0.3, 0.4) is 0 Å². The van der Waals surface area contributed by atoms with Crippen LogP contribution < -0.4 is 0 Å². The lowest BCUT2D eigenvalue weighted by molar-refractivity contribution is -0.219. The highest BCUT2D eigenvalue weighted by atomic mass is 79.9. The topological polar surface area (TPSA) is 35.5 Å². The summed E-state index contributed by atoms with van der Waals surface area (Å²) >= 11 is 2.42. The minimum atomic E-state index is -3.02. The molecule has 156 valence electrons. The number of carbonyl (C=O) groups is 1. The zero-order valence-electron chi connectivity index (χ0n) is 13.3. The zero-order valence-corrected chi connectivity index (χ0v) is 14.9. The van der Waals surface area contributed by atoms with Gasteiger partial charge in [0.2, 0.25) is 0 Å². The molecule has 2 aliphatic rings. The van der Waals surface area contributed by atoms with E-state index in [0.717, 1.165) is 0 Å². The summed E-state index contributed by atoms with van der Waals surface area (Å²) in [5.74, 6) is -1.35. The average molecular weight is 475 g/mol. The molecule has 2 aliphatic carbocycles. The van der Waals surface area contributed by atoms with Gasteiger partial charge in [0.1, 0.15) is 24.6 Å². The highest BCUT2D eigenvalue weighted by Crippen LogP contribution is 2.40. The summed E-state index contributed by atoms with van der Waals surface area (Å²) < 4.78 is 120. The van der Waals surface area contributed by atoms with Crippen molar-refractivity contribution >= 4 is 21.9 Å². The van der Waals surface area contributed by atoms with E-state index in [2.05, 4.69) is 32.0 Å². The summed E-state index contributed by atoms with van der Waals surface area (Å²) in [6.07, 6.45) is -30.2. The van der Waals surface area contributed by atoms with Crippen LogP contribution in [0.1, 0.15) is 0 Å². The molecule has 2 saturated carbocycles. The summed E-state index contributed by atoms with van der Waals surface area (Å²) in [7, 11) is 0. The van der Waals surface area contributed by atoms with Gasteiger partial charge in [0.05, 0.1) is 4.83 Å². The molecule has 0 radical (unpaired) electrons. The number of alkyl halides is 9. The fourth-order valence-electron chi connectivity index (χ4n) is 2.93. The van der Waals surface area contributed by atoms with Gasteiger partial charge in [-0.3, -0.25) is 0 Å². The van der Waals surface area contributed by atoms with Crippen LogP contribution in [0.25, 0.3) is 0 Å². The molecular formula is C15H15BrF8O3. The number of hydrogen-bond acceptors (Lipinski definition) is 3. The summed E-state index contributed by atoms with van der Waals surface area (Å²) in [5.41, 5.74) is 0. The lowest BCUT2D eigenvalue weighted by Gasteiger charge is -2.43. The first-order valence-corrected chi connectivity index (χ1v) is 8.69. The predicted molar refractivity (Wildman–Crippen MR) is 80.6 cm³/mol. The van der Waals surface area contributed by atoms with Crippen molar-refractivity contribution in [2.45, 2.75) is 72.5 Å². The molecule has 8 unspecified atom stereocenters. The molecule has 0 aliphatic heterocycles. The number of ether oxygens (including phenoxy) is 2. The Morgan fingerprint density at radius 2 is 1.04 bits per heavy atom. The van der Waals surface area contributed by atoms with Crippen LogP contribution in [0.4, 0.5) is 35.1 Å². The normalized spacial score (nSPS) is 50.9. The van der Waals surface area contributed by atoms with Crippen molar-refractivity contribution in [3.05, 3.63) is 12.7 Å². The second-order valence-corrected chi connectivity index (χ2v) is 7.23. The fraction of sp³-hybridized carbons (Fsp3) is 0.800. The van der Waals surface area contributed by atoms with Crippen molar-refractivity contribution < 1.29 is 49.4 Å². The van der Waals surface area contributed by atoms with Gasteiger partial charge in [-0.25, -0.2) is 39.9 Å². The Kier molecular flexibility index (Phi) is 7.15. The third-order valence-corrected chi connectivity index (χ3v) is 5.45. The van der Waals surface area contributed by atoms with E-state index < -0.39 is 78.5 Å². The molecule has 0 aromatic heterocycles. The second kappa shape index (κ2) is 8.62. The zero-order chi connectivity index (χ0) is 20.6. The molecule has 0 bridgehead atoms. The van der Waals surface area contributed by atoms with Crippen LogP contribution in [0.5, 0.6) is 0 Å². The van der Waals surface area contributed by atoms with Gasteiger partial charge in [-0.15, -0.1) is 0 Å². The molecule has 3 nitrogen and oxygen atoms in total. The van der Waals surface area contributed by atoms with E-state index in [1.807, 2.05) is 0 Å². The highest BCUT2D eigenvalue weighted by Gasteiger charge is 2.59. The Morgan fingerprint density at radius 3 is 1.41 bits per heavy atom. The van der Waals surface area contributed by atoms with E-state index in [9.17, 15) is 39.9 Å². The van der Waals surface area contributed by atoms with Crippen molar-refractivity contribution in [2.24, 2.45) is 0 Å². The Labute approximate surface area is 157 Å². The molecule has 2 rings (SSSR count). The third kappa shape index (κ3) is 4.10. The number of rotatable bonds is 4. The molecule has 2 fully saturated rings. The van der Waals surface area contributed by atoms with E-state index in [0.29, 0.717) is 6.08 Å². The van der Waals surface area contributed by atoms with Crippen molar-refractivity contribution in [2.75, 3.05) is 0 Å². The lowest BCUT2D eigenvalue weighted by atomic mass is 9.86. The third-order valence-electron chi connectivity index (χ3n) is 4.44. The van der Waals surface area contributed by atoms with E-state index in [-0.39, 0.29) is 0 Å². The SMILES string of the molecule is C=CC(=O)OC1C(F)C(F)C(OC2C(F)C(F)C(Br)C(F)C2F)C(F)C1F. The summed E-state index contributed by atoms with van der Waals surface area (Å²) in [5, 5.41) is 0. The number of halogens is 9. The Bertz CT molecular complexity index is 525. The first kappa shape index (κ1) is 22.4. The largest absolute Gasteiger partial charge is 0.453 e. The van der Waals surface area contributed by atoms with Crippen molar-refractivity contribution in [3.63, 3.8) is 0 Å². The summed E-state index contributed by atoms with van der Waals surface area (Å²) in [6, 6.07) is 0. The van der Waals surface area contributed by atoms with Crippen molar-refractivity contribution in [3.8, 4) is 0 Å². The summed E-state index contributed by atoms with van der Waals surface area (Å²) in [6.45, 7) is 2.95. The monoisotopic (exact) mass is 474 g/mol. The van der Waals surface area contributed by atoms with Gasteiger partial charge >= 0.3 is 5.97 Å². The van der Waals surface area contributed by atoms with Crippen LogP contribution in [-0.2, 0) is 14.3 Å². The standard InChI is InChI=1S/C15H15BrF8O3/c1-2-3(25)26-13-9(21)11(23)15(12(24)10(13)22)27-14-7(19)5(17)4(16)6(18)8(14)20/h2,4-15H,1H2. The Balaban J connectivity index is 2.19. The lowest BCUT2D eigenvalue weighted by Crippen LogP contribution is -2.64. The van der Waals surface area contributed by atoms with Gasteiger partial charge in [-0.05, 0) is 0 Å². The van der Waals surface area contributed by atoms with Crippen molar-refractivity contribution in [1.29, 1.82) is 0 Å². The van der Waals surface area contributed by atoms with E-state index in [4.69, 9.17) is 0 Å². The van der Waals surface area contributed by atoms with E-state index in [1.165, 1.54) is 0 Å². The van der Waals surface area contributed by atoms with Crippen LogP contribution in [0.15, 0.2) is 12.7 Å². The van der Waals surface area contributed by atoms with Gasteiger partial charge < -0.3 is 9.47 Å². The van der Waals surface area contributed by atoms with Crippen molar-refractivity contribution in [1.82, 2.24) is 0 Å². The number of hydrogen-bond donors (Lipinski definition) is 0. The maximum absolute atomic E-state index is 14.2. The minimum absolute atomic E-state index is 0.505. The Hall–Kier alpha value is -0.910. The quantitative estimate of drug-likeness (QED) is 0.271. The van der Waals surface area contributed by atoms with Gasteiger partial charge in [0.25, 0.3) is 0 Å². The first-order chi connectivity index (χ1) is 12.5. The van der Waals surface area contributed by atoms with Crippen LogP contribution in [0.2, 0.25) is 0 Å². The molecule has 0 aromatic carbocycles. The highest BCUT2D eigenvalue weighted by molar-refractivity contribution is 9.09. The predicted octanol–water partition coefficient (Wildman–Crippen LogP) is 3.33. The molecule has 0 heterocycles. The molecule has 0 aromatic rings. The minimum Gasteiger partial charge on any atom is -0.453 e. The van der Waals surface area contributed by atoms with E-state index in [1.54, 1.807) is 0 Å². The average Bonchev–Trinajstić information content (AvgIpc) is 2.65. The van der Waals surface area contributed by atoms with Gasteiger partial charge in [-0.2, -0.15) is 0 Å². The van der Waals surface area contributed by atoms with Crippen LogP contribution in [0, 0.1) is 0 Å². The molecule has 0 amide bonds. The number of carbonyl (C=O) groups excluding carboxylic acids is 1. The van der Waals surface area contributed by atoms with Gasteiger partial charge in [0, 0.05) is 6.08 Å². The van der Waals surface area contributed by atoms with E-state index >= 15 is 0 Å². The molecule has 12 heteroatoms. The van der Waals surface area contributed by atoms with Gasteiger partial charge in [0.15, 0.2) is 43.1 Å². The maximum Gasteiger partial charge on any atom is 0.330 e. The molecule has 0 saturated heterocycles. The van der Waals surface area contributed by atoms with Gasteiger partial charge in [-0.1, -0.05) is 22.5 Å². The Morgan fingerprint density at radius 1 is 0.704 bits per heavy atom. The smallest absolute Gasteiger partial charge is 0.330 e.